The summed E-state index contributed by atoms with van der Waals surface area (Å²) in [5.41, 5.74) is 2.51. The number of amides is 1. The molecule has 0 aliphatic rings. The van der Waals surface area contributed by atoms with Crippen LogP contribution in [0.25, 0.3) is 0 Å². The lowest BCUT2D eigenvalue weighted by molar-refractivity contribution is -0.128. The maximum Gasteiger partial charge on any atom is 0.243 e. The maximum atomic E-state index is 12.5. The summed E-state index contributed by atoms with van der Waals surface area (Å²) in [5.74, 6) is -0.249. The van der Waals surface area contributed by atoms with E-state index in [1.807, 2.05) is 25.1 Å². The van der Waals surface area contributed by atoms with Gasteiger partial charge < -0.3 is 4.90 Å². The van der Waals surface area contributed by atoms with Gasteiger partial charge >= 0.3 is 0 Å². The smallest absolute Gasteiger partial charge is 0.243 e. The lowest BCUT2D eigenvalue weighted by atomic mass is 10.2. The maximum absolute atomic E-state index is 12.5. The van der Waals surface area contributed by atoms with Crippen LogP contribution in [0.4, 0.5) is 5.69 Å². The van der Waals surface area contributed by atoms with Gasteiger partial charge in [0.05, 0.1) is 11.9 Å². The van der Waals surface area contributed by atoms with Crippen molar-refractivity contribution in [1.82, 2.24) is 9.88 Å². The van der Waals surface area contributed by atoms with Gasteiger partial charge in [0.25, 0.3) is 0 Å². The van der Waals surface area contributed by atoms with Crippen molar-refractivity contribution in [3.8, 4) is 0 Å². The highest BCUT2D eigenvalue weighted by atomic mass is 32.2. The first-order valence-electron chi connectivity index (χ1n) is 7.94. The molecule has 0 fully saturated rings. The van der Waals surface area contributed by atoms with Crippen LogP contribution in [0.5, 0.6) is 0 Å². The molecule has 0 radical (unpaired) electrons. The number of pyridine rings is 1. The fourth-order valence-electron chi connectivity index (χ4n) is 2.40. The third-order valence-corrected chi connectivity index (χ3v) is 5.02. The van der Waals surface area contributed by atoms with E-state index in [0.717, 1.165) is 21.7 Å². The van der Waals surface area contributed by atoms with E-state index >= 15 is 0 Å². The molecule has 0 bridgehead atoms. The molecule has 134 valence electrons. The Labute approximate surface area is 149 Å². The molecule has 1 aromatic carbocycles. The Morgan fingerprint density at radius 2 is 1.84 bits per heavy atom. The van der Waals surface area contributed by atoms with Crippen LogP contribution in [0.15, 0.2) is 48.8 Å². The number of hydrogen-bond donors (Lipinski definition) is 0. The normalized spacial score (nSPS) is 11.2. The van der Waals surface area contributed by atoms with E-state index in [9.17, 15) is 13.2 Å². The first kappa shape index (κ1) is 18.9. The topological polar surface area (TPSA) is 70.6 Å². The summed E-state index contributed by atoms with van der Waals surface area (Å²) in [4.78, 5) is 18.0. The molecule has 0 atom stereocenters. The van der Waals surface area contributed by atoms with Crippen molar-refractivity contribution >= 4 is 21.6 Å². The van der Waals surface area contributed by atoms with E-state index in [4.69, 9.17) is 0 Å². The van der Waals surface area contributed by atoms with E-state index in [-0.39, 0.29) is 12.5 Å². The van der Waals surface area contributed by atoms with Gasteiger partial charge in [0.2, 0.25) is 15.9 Å². The molecule has 2 rings (SSSR count). The third kappa shape index (κ3) is 5.56. The molecule has 0 spiro atoms. The molecule has 2 aromatic rings. The molecule has 0 aliphatic heterocycles. The van der Waals surface area contributed by atoms with Gasteiger partial charge in [-0.05, 0) is 48.7 Å². The van der Waals surface area contributed by atoms with Gasteiger partial charge in [-0.15, -0.1) is 0 Å². The van der Waals surface area contributed by atoms with Crippen molar-refractivity contribution < 1.29 is 13.2 Å². The number of nitrogens with zero attached hydrogens (tertiary/aromatic N) is 3. The standard InChI is InChI=1S/C18H23N3O3S/c1-15-5-4-6-17(13-15)21(25(3,23)24)14-18(22)20(2)12-9-16-7-10-19-11-8-16/h4-8,10-11,13H,9,12,14H2,1-3H3. The summed E-state index contributed by atoms with van der Waals surface area (Å²) in [5, 5.41) is 0. The minimum absolute atomic E-state index is 0.213. The highest BCUT2D eigenvalue weighted by molar-refractivity contribution is 7.92. The first-order chi connectivity index (χ1) is 11.8. The van der Waals surface area contributed by atoms with E-state index in [1.54, 1.807) is 42.5 Å². The van der Waals surface area contributed by atoms with Crippen LogP contribution < -0.4 is 4.31 Å². The second kappa shape index (κ2) is 8.11. The van der Waals surface area contributed by atoms with Gasteiger partial charge in [-0.25, -0.2) is 8.42 Å². The van der Waals surface area contributed by atoms with Crippen LogP contribution in [-0.4, -0.2) is 50.6 Å². The number of rotatable bonds is 7. The number of anilines is 1. The molecule has 0 unspecified atom stereocenters. The van der Waals surface area contributed by atoms with Crippen LogP contribution in [0, 0.1) is 6.92 Å². The van der Waals surface area contributed by atoms with Gasteiger partial charge in [-0.2, -0.15) is 0 Å². The van der Waals surface area contributed by atoms with Crippen LogP contribution in [0.3, 0.4) is 0 Å². The molecule has 7 heteroatoms. The molecular weight excluding hydrogens is 338 g/mol. The van der Waals surface area contributed by atoms with Gasteiger partial charge in [0.15, 0.2) is 0 Å². The molecule has 0 aliphatic carbocycles. The Morgan fingerprint density at radius 3 is 2.44 bits per heavy atom. The Hall–Kier alpha value is -2.41. The second-order valence-electron chi connectivity index (χ2n) is 6.03. The lowest BCUT2D eigenvalue weighted by Crippen LogP contribution is -2.41. The summed E-state index contributed by atoms with van der Waals surface area (Å²) in [6, 6.07) is 10.9. The van der Waals surface area contributed by atoms with Crippen LogP contribution >= 0.6 is 0 Å². The van der Waals surface area contributed by atoms with E-state index in [2.05, 4.69) is 4.98 Å². The number of carbonyl (C=O) groups excluding carboxylic acids is 1. The molecular formula is C18H23N3O3S. The summed E-state index contributed by atoms with van der Waals surface area (Å²) in [6.45, 7) is 2.18. The van der Waals surface area contributed by atoms with Crippen molar-refractivity contribution in [2.75, 3.05) is 30.7 Å². The second-order valence-corrected chi connectivity index (χ2v) is 7.94. The number of aryl methyl sites for hydroxylation is 1. The molecule has 0 saturated heterocycles. The Balaban J connectivity index is 2.06. The van der Waals surface area contributed by atoms with Crippen molar-refractivity contribution in [2.45, 2.75) is 13.3 Å². The molecule has 25 heavy (non-hydrogen) atoms. The number of sulfonamides is 1. The molecule has 0 saturated carbocycles. The average molecular weight is 361 g/mol. The van der Waals surface area contributed by atoms with Crippen LogP contribution in [0.1, 0.15) is 11.1 Å². The molecule has 1 heterocycles. The largest absolute Gasteiger partial charge is 0.344 e. The Bertz CT molecular complexity index is 822. The number of carbonyl (C=O) groups is 1. The quantitative estimate of drug-likeness (QED) is 0.755. The van der Waals surface area contributed by atoms with Crippen molar-refractivity contribution in [3.05, 3.63) is 59.9 Å². The molecule has 6 nitrogen and oxygen atoms in total. The lowest BCUT2D eigenvalue weighted by Gasteiger charge is -2.25. The fraction of sp³-hybridized carbons (Fsp3) is 0.333. The van der Waals surface area contributed by atoms with E-state index in [0.29, 0.717) is 18.7 Å². The first-order valence-corrected chi connectivity index (χ1v) is 9.79. The average Bonchev–Trinajstić information content (AvgIpc) is 2.57. The van der Waals surface area contributed by atoms with Crippen LogP contribution in [0.2, 0.25) is 0 Å². The molecule has 1 amide bonds. The number of benzene rings is 1. The number of aromatic nitrogens is 1. The molecule has 0 N–H and O–H groups in total. The predicted octanol–water partition coefficient (Wildman–Crippen LogP) is 1.86. The third-order valence-electron chi connectivity index (χ3n) is 3.88. The van der Waals surface area contributed by atoms with Gasteiger partial charge in [0, 0.05) is 26.0 Å². The van der Waals surface area contributed by atoms with Gasteiger partial charge in [-0.1, -0.05) is 12.1 Å². The molecule has 1 aromatic heterocycles. The zero-order valence-corrected chi connectivity index (χ0v) is 15.5. The number of likely N-dealkylation sites (N-methyl/N-ethyl adjacent to an activating group) is 1. The van der Waals surface area contributed by atoms with Crippen LogP contribution in [-0.2, 0) is 21.2 Å². The van der Waals surface area contributed by atoms with E-state index < -0.39 is 10.0 Å². The van der Waals surface area contributed by atoms with Crippen molar-refractivity contribution in [2.24, 2.45) is 0 Å². The van der Waals surface area contributed by atoms with Crippen molar-refractivity contribution in [3.63, 3.8) is 0 Å². The highest BCUT2D eigenvalue weighted by Gasteiger charge is 2.22. The Morgan fingerprint density at radius 1 is 1.16 bits per heavy atom. The Kier molecular flexibility index (Phi) is 6.14. The summed E-state index contributed by atoms with van der Waals surface area (Å²) < 4.78 is 25.4. The zero-order valence-electron chi connectivity index (χ0n) is 14.7. The van der Waals surface area contributed by atoms with Gasteiger partial charge in [0.1, 0.15) is 6.54 Å². The minimum atomic E-state index is -3.55. The highest BCUT2D eigenvalue weighted by Crippen LogP contribution is 2.19. The van der Waals surface area contributed by atoms with Crippen molar-refractivity contribution in [1.29, 1.82) is 0 Å². The minimum Gasteiger partial charge on any atom is -0.344 e. The summed E-state index contributed by atoms with van der Waals surface area (Å²) in [6.07, 6.45) is 5.22. The summed E-state index contributed by atoms with van der Waals surface area (Å²) >= 11 is 0. The van der Waals surface area contributed by atoms with Gasteiger partial charge in [-0.3, -0.25) is 14.1 Å². The predicted molar refractivity (Wildman–Crippen MR) is 98.9 cm³/mol. The van der Waals surface area contributed by atoms with E-state index in [1.165, 1.54) is 0 Å². The zero-order chi connectivity index (χ0) is 18.4. The SMILES string of the molecule is Cc1cccc(N(CC(=O)N(C)CCc2ccncc2)S(C)(=O)=O)c1. The fourth-order valence-corrected chi connectivity index (χ4v) is 3.24. The summed E-state index contributed by atoms with van der Waals surface area (Å²) in [7, 11) is -1.87. The number of hydrogen-bond acceptors (Lipinski definition) is 4. The monoisotopic (exact) mass is 361 g/mol.